The van der Waals surface area contributed by atoms with E-state index in [1.165, 1.54) is 18.3 Å². The van der Waals surface area contributed by atoms with Gasteiger partial charge in [-0.1, -0.05) is 0 Å². The summed E-state index contributed by atoms with van der Waals surface area (Å²) in [6, 6.07) is 5.54. The van der Waals surface area contributed by atoms with Gasteiger partial charge in [0.15, 0.2) is 0 Å². The second kappa shape index (κ2) is 6.82. The van der Waals surface area contributed by atoms with Crippen molar-refractivity contribution in [1.29, 1.82) is 0 Å². The lowest BCUT2D eigenvalue weighted by molar-refractivity contribution is 0.0463. The zero-order valence-corrected chi connectivity index (χ0v) is 13.1. The van der Waals surface area contributed by atoms with Crippen LogP contribution in [0.25, 0.3) is 10.9 Å². The standard InChI is InChI=1S/C17H18FN3O3/c18-11-4-5-15-14(9-11)13(6-7-20-15)16(22)21-8-2-1-3-12(21)10-24-17(19)23/h4-7,9,12H,1-3,8,10H2,(H2,19,23). The number of halogens is 1. The molecule has 1 aliphatic rings. The molecule has 3 rings (SSSR count). The molecule has 1 aromatic heterocycles. The summed E-state index contributed by atoms with van der Waals surface area (Å²) in [4.78, 5) is 29.7. The van der Waals surface area contributed by atoms with Crippen LogP contribution in [0, 0.1) is 5.82 Å². The number of hydrogen-bond donors (Lipinski definition) is 1. The summed E-state index contributed by atoms with van der Waals surface area (Å²) in [5.41, 5.74) is 5.97. The van der Waals surface area contributed by atoms with Crippen molar-refractivity contribution in [3.05, 3.63) is 41.8 Å². The molecule has 1 aromatic carbocycles. The third-order valence-electron chi connectivity index (χ3n) is 4.24. The number of carbonyl (C=O) groups excluding carboxylic acids is 2. The highest BCUT2D eigenvalue weighted by molar-refractivity contribution is 6.06. The van der Waals surface area contributed by atoms with Gasteiger partial charge in [0.25, 0.3) is 5.91 Å². The molecule has 0 spiro atoms. The fourth-order valence-corrected chi connectivity index (χ4v) is 3.08. The van der Waals surface area contributed by atoms with Gasteiger partial charge in [-0.2, -0.15) is 0 Å². The van der Waals surface area contributed by atoms with Gasteiger partial charge in [0.1, 0.15) is 12.4 Å². The minimum atomic E-state index is -0.857. The summed E-state index contributed by atoms with van der Waals surface area (Å²) >= 11 is 0. The zero-order chi connectivity index (χ0) is 17.1. The Morgan fingerprint density at radius 2 is 2.17 bits per heavy atom. The highest BCUT2D eigenvalue weighted by Gasteiger charge is 2.29. The van der Waals surface area contributed by atoms with Gasteiger partial charge in [0, 0.05) is 18.1 Å². The van der Waals surface area contributed by atoms with Crippen LogP contribution in [-0.4, -0.2) is 41.1 Å². The maximum absolute atomic E-state index is 13.6. The third-order valence-corrected chi connectivity index (χ3v) is 4.24. The number of benzene rings is 1. The number of nitrogens with zero attached hydrogens (tertiary/aromatic N) is 2. The van der Waals surface area contributed by atoms with E-state index in [0.717, 1.165) is 19.3 Å². The van der Waals surface area contributed by atoms with Crippen molar-refractivity contribution in [3.63, 3.8) is 0 Å². The molecule has 6 nitrogen and oxygen atoms in total. The predicted molar refractivity (Wildman–Crippen MR) is 85.9 cm³/mol. The first kappa shape index (κ1) is 16.2. The number of ether oxygens (including phenoxy) is 1. The largest absolute Gasteiger partial charge is 0.448 e. The highest BCUT2D eigenvalue weighted by atomic mass is 19.1. The minimum absolute atomic E-state index is 0.0679. The number of piperidine rings is 1. The van der Waals surface area contributed by atoms with E-state index in [9.17, 15) is 14.0 Å². The summed E-state index contributed by atoms with van der Waals surface area (Å²) in [7, 11) is 0. The van der Waals surface area contributed by atoms with E-state index in [2.05, 4.69) is 4.98 Å². The van der Waals surface area contributed by atoms with Gasteiger partial charge in [0.2, 0.25) is 0 Å². The Kier molecular flexibility index (Phi) is 4.59. The van der Waals surface area contributed by atoms with Crippen molar-refractivity contribution < 1.29 is 18.7 Å². The van der Waals surface area contributed by atoms with E-state index < -0.39 is 11.9 Å². The smallest absolute Gasteiger partial charge is 0.404 e. The molecule has 1 fully saturated rings. The molecule has 24 heavy (non-hydrogen) atoms. The maximum atomic E-state index is 13.6. The monoisotopic (exact) mass is 331 g/mol. The van der Waals surface area contributed by atoms with E-state index in [-0.39, 0.29) is 18.6 Å². The van der Waals surface area contributed by atoms with Gasteiger partial charge in [0.05, 0.1) is 17.1 Å². The average Bonchev–Trinajstić information content (AvgIpc) is 2.59. The fraction of sp³-hybridized carbons (Fsp3) is 0.353. The summed E-state index contributed by atoms with van der Waals surface area (Å²) < 4.78 is 18.5. The predicted octanol–water partition coefficient (Wildman–Crippen LogP) is 2.46. The summed E-state index contributed by atoms with van der Waals surface area (Å²) in [6.07, 6.45) is 3.23. The first-order chi connectivity index (χ1) is 11.6. The molecule has 0 saturated carbocycles. The Hall–Kier alpha value is -2.70. The van der Waals surface area contributed by atoms with Crippen molar-refractivity contribution in [2.75, 3.05) is 13.2 Å². The number of nitrogens with two attached hydrogens (primary N) is 1. The molecule has 126 valence electrons. The topological polar surface area (TPSA) is 85.5 Å². The SMILES string of the molecule is NC(=O)OCC1CCCCN1C(=O)c1ccnc2ccc(F)cc12. The Bertz CT molecular complexity index is 781. The first-order valence-corrected chi connectivity index (χ1v) is 7.84. The van der Waals surface area contributed by atoms with Crippen LogP contribution in [0.5, 0.6) is 0 Å². The number of rotatable bonds is 3. The van der Waals surface area contributed by atoms with Crippen molar-refractivity contribution in [2.45, 2.75) is 25.3 Å². The van der Waals surface area contributed by atoms with Crippen LogP contribution in [0.2, 0.25) is 0 Å². The van der Waals surface area contributed by atoms with Gasteiger partial charge in [-0.3, -0.25) is 9.78 Å². The molecule has 2 aromatic rings. The van der Waals surface area contributed by atoms with Gasteiger partial charge in [-0.25, -0.2) is 9.18 Å². The molecule has 1 atom stereocenters. The van der Waals surface area contributed by atoms with Crippen LogP contribution in [0.1, 0.15) is 29.6 Å². The van der Waals surface area contributed by atoms with Crippen LogP contribution in [-0.2, 0) is 4.74 Å². The first-order valence-electron chi connectivity index (χ1n) is 7.84. The Balaban J connectivity index is 1.92. The average molecular weight is 331 g/mol. The van der Waals surface area contributed by atoms with Gasteiger partial charge >= 0.3 is 6.09 Å². The number of amides is 2. The maximum Gasteiger partial charge on any atom is 0.404 e. The molecule has 2 amide bonds. The number of likely N-dealkylation sites (tertiary alicyclic amines) is 1. The van der Waals surface area contributed by atoms with E-state index in [1.807, 2.05) is 0 Å². The molecule has 2 heterocycles. The lowest BCUT2D eigenvalue weighted by atomic mass is 10.00. The second-order valence-electron chi connectivity index (χ2n) is 5.80. The zero-order valence-electron chi connectivity index (χ0n) is 13.1. The molecule has 0 aliphatic carbocycles. The van der Waals surface area contributed by atoms with Crippen molar-refractivity contribution in [2.24, 2.45) is 5.73 Å². The number of fused-ring (bicyclic) bond motifs is 1. The number of hydrogen-bond acceptors (Lipinski definition) is 4. The number of pyridine rings is 1. The second-order valence-corrected chi connectivity index (χ2v) is 5.80. The molecule has 1 unspecified atom stereocenters. The molecule has 0 bridgehead atoms. The summed E-state index contributed by atoms with van der Waals surface area (Å²) in [5, 5.41) is 0.475. The van der Waals surface area contributed by atoms with Crippen LogP contribution in [0.3, 0.4) is 0 Å². The van der Waals surface area contributed by atoms with Gasteiger partial charge in [-0.15, -0.1) is 0 Å². The number of carbonyl (C=O) groups is 2. The van der Waals surface area contributed by atoms with E-state index in [4.69, 9.17) is 10.5 Å². The van der Waals surface area contributed by atoms with Gasteiger partial charge < -0.3 is 15.4 Å². The molecule has 7 heteroatoms. The van der Waals surface area contributed by atoms with Crippen LogP contribution < -0.4 is 5.73 Å². The third kappa shape index (κ3) is 3.29. The molecule has 1 saturated heterocycles. The minimum Gasteiger partial charge on any atom is -0.448 e. The Morgan fingerprint density at radius 1 is 1.33 bits per heavy atom. The van der Waals surface area contributed by atoms with Crippen LogP contribution >= 0.6 is 0 Å². The molecule has 1 aliphatic heterocycles. The lowest BCUT2D eigenvalue weighted by Gasteiger charge is -2.35. The molecular weight excluding hydrogens is 313 g/mol. The Morgan fingerprint density at radius 3 is 2.96 bits per heavy atom. The molecule has 0 radical (unpaired) electrons. The fourth-order valence-electron chi connectivity index (χ4n) is 3.08. The van der Waals surface area contributed by atoms with Crippen molar-refractivity contribution in [1.82, 2.24) is 9.88 Å². The van der Waals surface area contributed by atoms with E-state index in [0.29, 0.717) is 23.0 Å². The van der Waals surface area contributed by atoms with Crippen molar-refractivity contribution >= 4 is 22.9 Å². The van der Waals surface area contributed by atoms with Crippen LogP contribution in [0.4, 0.5) is 9.18 Å². The van der Waals surface area contributed by atoms with E-state index in [1.54, 1.807) is 17.0 Å². The number of aromatic nitrogens is 1. The van der Waals surface area contributed by atoms with Gasteiger partial charge in [-0.05, 0) is 43.5 Å². The number of primary amides is 1. The lowest BCUT2D eigenvalue weighted by Crippen LogP contribution is -2.46. The quantitative estimate of drug-likeness (QED) is 0.936. The van der Waals surface area contributed by atoms with Crippen LogP contribution in [0.15, 0.2) is 30.5 Å². The molecule has 2 N–H and O–H groups in total. The normalized spacial score (nSPS) is 17.7. The highest BCUT2D eigenvalue weighted by Crippen LogP contribution is 2.24. The van der Waals surface area contributed by atoms with Crippen molar-refractivity contribution in [3.8, 4) is 0 Å². The Labute approximate surface area is 138 Å². The summed E-state index contributed by atoms with van der Waals surface area (Å²) in [5.74, 6) is -0.637. The molecular formula is C17H18FN3O3. The van der Waals surface area contributed by atoms with E-state index >= 15 is 0 Å². The summed E-state index contributed by atoms with van der Waals surface area (Å²) in [6.45, 7) is 0.628.